The zero-order chi connectivity index (χ0) is 18.4. The van der Waals surface area contributed by atoms with Crippen LogP contribution in [0.3, 0.4) is 0 Å². The maximum absolute atomic E-state index is 11.2. The number of hydrogen-bond donors (Lipinski definition) is 2. The number of anilines is 1. The molecule has 1 aromatic carbocycles. The van der Waals surface area contributed by atoms with Crippen LogP contribution in [0.25, 0.3) is 0 Å². The van der Waals surface area contributed by atoms with Crippen LogP contribution in [0, 0.1) is 5.92 Å². The Kier molecular flexibility index (Phi) is 6.88. The van der Waals surface area contributed by atoms with Gasteiger partial charge in [0.05, 0.1) is 5.69 Å². The Morgan fingerprint density at radius 3 is 2.72 bits per heavy atom. The summed E-state index contributed by atoms with van der Waals surface area (Å²) in [7, 11) is 0. The molecule has 0 spiro atoms. The van der Waals surface area contributed by atoms with Crippen LogP contribution < -0.4 is 5.32 Å². The first kappa shape index (κ1) is 19.8. The standard InChI is InChI=1S/C21H34N2O2/c1-5-6-7-8-12-23-13-11-21(4,16(2)15-23)18-9-10-19(20(25)14-18)22-17(3)24/h9-10,14,16,25H,5-8,11-13,15H2,1-4H3,(H,22,24). The number of phenols is 1. The molecule has 140 valence electrons. The zero-order valence-electron chi connectivity index (χ0n) is 16.3. The highest BCUT2D eigenvalue weighted by Crippen LogP contribution is 2.41. The minimum absolute atomic E-state index is 0.0617. The van der Waals surface area contributed by atoms with E-state index in [4.69, 9.17) is 0 Å². The van der Waals surface area contributed by atoms with E-state index in [1.807, 2.05) is 12.1 Å². The van der Waals surface area contributed by atoms with Gasteiger partial charge in [-0.15, -0.1) is 0 Å². The summed E-state index contributed by atoms with van der Waals surface area (Å²) in [4.78, 5) is 13.8. The minimum Gasteiger partial charge on any atom is -0.506 e. The van der Waals surface area contributed by atoms with Crippen molar-refractivity contribution in [1.29, 1.82) is 0 Å². The highest BCUT2D eigenvalue weighted by molar-refractivity contribution is 5.90. The van der Waals surface area contributed by atoms with Crippen molar-refractivity contribution >= 4 is 11.6 Å². The van der Waals surface area contributed by atoms with Gasteiger partial charge in [-0.25, -0.2) is 0 Å². The third-order valence-electron chi connectivity index (χ3n) is 5.86. The Balaban J connectivity index is 2.02. The number of rotatable bonds is 7. The van der Waals surface area contributed by atoms with Gasteiger partial charge in [0.1, 0.15) is 5.75 Å². The Morgan fingerprint density at radius 1 is 1.36 bits per heavy atom. The van der Waals surface area contributed by atoms with Gasteiger partial charge in [0.15, 0.2) is 0 Å². The van der Waals surface area contributed by atoms with E-state index in [1.165, 1.54) is 39.2 Å². The molecule has 1 saturated heterocycles. The number of likely N-dealkylation sites (tertiary alicyclic amines) is 1. The molecule has 0 aliphatic carbocycles. The molecule has 25 heavy (non-hydrogen) atoms. The molecule has 0 aromatic heterocycles. The van der Waals surface area contributed by atoms with Crippen molar-refractivity contribution < 1.29 is 9.90 Å². The fraction of sp³-hybridized carbons (Fsp3) is 0.667. The summed E-state index contributed by atoms with van der Waals surface area (Å²) in [5.41, 5.74) is 1.71. The van der Waals surface area contributed by atoms with Crippen LogP contribution in [-0.2, 0) is 10.2 Å². The molecule has 2 unspecified atom stereocenters. The summed E-state index contributed by atoms with van der Waals surface area (Å²) in [6, 6.07) is 5.71. The number of piperidine rings is 1. The van der Waals surface area contributed by atoms with Gasteiger partial charge < -0.3 is 15.3 Å². The van der Waals surface area contributed by atoms with Crippen LogP contribution in [0.4, 0.5) is 5.69 Å². The van der Waals surface area contributed by atoms with E-state index in [-0.39, 0.29) is 17.1 Å². The lowest BCUT2D eigenvalue weighted by molar-refractivity contribution is -0.114. The number of carbonyl (C=O) groups is 1. The van der Waals surface area contributed by atoms with E-state index in [2.05, 4.69) is 37.1 Å². The lowest BCUT2D eigenvalue weighted by Gasteiger charge is -2.45. The van der Waals surface area contributed by atoms with E-state index >= 15 is 0 Å². The van der Waals surface area contributed by atoms with Crippen LogP contribution in [0.15, 0.2) is 18.2 Å². The van der Waals surface area contributed by atoms with Crippen LogP contribution in [0.5, 0.6) is 5.75 Å². The van der Waals surface area contributed by atoms with Gasteiger partial charge in [-0.2, -0.15) is 0 Å². The third-order valence-corrected chi connectivity index (χ3v) is 5.86. The number of nitrogens with zero attached hydrogens (tertiary/aromatic N) is 1. The average molecular weight is 347 g/mol. The number of nitrogens with one attached hydrogen (secondary N) is 1. The second-order valence-corrected chi connectivity index (χ2v) is 7.84. The van der Waals surface area contributed by atoms with Gasteiger partial charge in [0.25, 0.3) is 0 Å². The first-order valence-electron chi connectivity index (χ1n) is 9.70. The van der Waals surface area contributed by atoms with E-state index in [1.54, 1.807) is 0 Å². The van der Waals surface area contributed by atoms with Crippen molar-refractivity contribution in [3.63, 3.8) is 0 Å². The second kappa shape index (κ2) is 8.70. The fourth-order valence-electron chi connectivity index (χ4n) is 3.89. The van der Waals surface area contributed by atoms with Crippen LogP contribution in [0.1, 0.15) is 65.4 Å². The molecular formula is C21H34N2O2. The van der Waals surface area contributed by atoms with Crippen molar-refractivity contribution in [2.24, 2.45) is 5.92 Å². The highest BCUT2D eigenvalue weighted by Gasteiger charge is 2.38. The first-order valence-corrected chi connectivity index (χ1v) is 9.70. The maximum Gasteiger partial charge on any atom is 0.221 e. The Bertz CT molecular complexity index is 587. The minimum atomic E-state index is -0.168. The molecular weight excluding hydrogens is 312 g/mol. The summed E-state index contributed by atoms with van der Waals surface area (Å²) in [6.45, 7) is 11.7. The van der Waals surface area contributed by atoms with Crippen molar-refractivity contribution in [2.45, 2.75) is 65.2 Å². The Hall–Kier alpha value is -1.55. The molecule has 0 saturated carbocycles. The first-order chi connectivity index (χ1) is 11.9. The predicted octanol–water partition coefficient (Wildman–Crippen LogP) is 4.53. The molecule has 1 aromatic rings. The maximum atomic E-state index is 11.2. The number of hydrogen-bond acceptors (Lipinski definition) is 3. The molecule has 1 heterocycles. The van der Waals surface area contributed by atoms with E-state index < -0.39 is 0 Å². The normalized spacial score (nSPS) is 24.2. The van der Waals surface area contributed by atoms with Gasteiger partial charge in [0.2, 0.25) is 5.91 Å². The Labute approximate surface area is 152 Å². The molecule has 0 radical (unpaired) electrons. The van der Waals surface area contributed by atoms with Crippen molar-refractivity contribution in [3.8, 4) is 5.75 Å². The second-order valence-electron chi connectivity index (χ2n) is 7.84. The number of phenolic OH excluding ortho intramolecular Hbond substituents is 1. The van der Waals surface area contributed by atoms with E-state index in [0.717, 1.165) is 25.1 Å². The molecule has 4 nitrogen and oxygen atoms in total. The smallest absolute Gasteiger partial charge is 0.221 e. The van der Waals surface area contributed by atoms with Gasteiger partial charge in [-0.1, -0.05) is 46.1 Å². The number of unbranched alkanes of at least 4 members (excludes halogenated alkanes) is 3. The third kappa shape index (κ3) is 4.97. The van der Waals surface area contributed by atoms with Gasteiger partial charge in [-0.05, 0) is 55.0 Å². The van der Waals surface area contributed by atoms with E-state index in [0.29, 0.717) is 11.6 Å². The summed E-state index contributed by atoms with van der Waals surface area (Å²) in [6.07, 6.45) is 6.34. The van der Waals surface area contributed by atoms with Crippen LogP contribution in [-0.4, -0.2) is 35.5 Å². The van der Waals surface area contributed by atoms with Crippen LogP contribution in [0.2, 0.25) is 0 Å². The molecule has 1 amide bonds. The number of amides is 1. The molecule has 1 aliphatic rings. The molecule has 2 atom stereocenters. The molecule has 4 heteroatoms. The largest absolute Gasteiger partial charge is 0.506 e. The van der Waals surface area contributed by atoms with E-state index in [9.17, 15) is 9.90 Å². The molecule has 2 rings (SSSR count). The monoisotopic (exact) mass is 346 g/mol. The lowest BCUT2D eigenvalue weighted by atomic mass is 9.68. The zero-order valence-corrected chi connectivity index (χ0v) is 16.3. The van der Waals surface area contributed by atoms with Crippen LogP contribution >= 0.6 is 0 Å². The van der Waals surface area contributed by atoms with Gasteiger partial charge >= 0.3 is 0 Å². The van der Waals surface area contributed by atoms with Crippen molar-refractivity contribution in [1.82, 2.24) is 4.90 Å². The SMILES string of the molecule is CCCCCCN1CCC(C)(c2ccc(NC(C)=O)c(O)c2)C(C)C1. The highest BCUT2D eigenvalue weighted by atomic mass is 16.3. The Morgan fingerprint density at radius 2 is 2.12 bits per heavy atom. The summed E-state index contributed by atoms with van der Waals surface area (Å²) >= 11 is 0. The van der Waals surface area contributed by atoms with Crippen molar-refractivity contribution in [2.75, 3.05) is 25.0 Å². The molecule has 0 bridgehead atoms. The van der Waals surface area contributed by atoms with Crippen molar-refractivity contribution in [3.05, 3.63) is 23.8 Å². The quantitative estimate of drug-likeness (QED) is 0.563. The topological polar surface area (TPSA) is 52.6 Å². The fourth-order valence-corrected chi connectivity index (χ4v) is 3.89. The number of benzene rings is 1. The predicted molar refractivity (Wildman–Crippen MR) is 104 cm³/mol. The average Bonchev–Trinajstić information content (AvgIpc) is 2.56. The number of carbonyl (C=O) groups excluding carboxylic acids is 1. The number of aromatic hydroxyl groups is 1. The molecule has 1 fully saturated rings. The summed E-state index contributed by atoms with van der Waals surface area (Å²) < 4.78 is 0. The molecule has 1 aliphatic heterocycles. The summed E-state index contributed by atoms with van der Waals surface area (Å²) in [5, 5.41) is 12.9. The van der Waals surface area contributed by atoms with Gasteiger partial charge in [0, 0.05) is 13.5 Å². The molecule has 2 N–H and O–H groups in total. The van der Waals surface area contributed by atoms with Gasteiger partial charge in [-0.3, -0.25) is 4.79 Å². The lowest BCUT2D eigenvalue weighted by Crippen LogP contribution is -2.47. The summed E-state index contributed by atoms with van der Waals surface area (Å²) in [5.74, 6) is 0.514.